The maximum absolute atomic E-state index is 12.7. The molecule has 9 heteroatoms. The average molecular weight is 840 g/mol. The molecule has 2 unspecified atom stereocenters. The summed E-state index contributed by atoms with van der Waals surface area (Å²) in [6.45, 7) is 5.40. The zero-order chi connectivity index (χ0) is 42.7. The zero-order valence-corrected chi connectivity index (χ0v) is 39.6. The fraction of sp³-hybridized carbons (Fsp3) is 0.857. The number of hydrogen-bond acceptors (Lipinski definition) is 7. The molecule has 0 aliphatic carbocycles. The molecule has 0 spiro atoms. The van der Waals surface area contributed by atoms with Gasteiger partial charge in [-0.3, -0.25) is 9.36 Å². The monoisotopic (exact) mass is 840 g/mol. The maximum Gasteiger partial charge on any atom is 0.306 e. The molecule has 0 amide bonds. The number of hydrogen-bond donors (Lipinski definition) is 0. The molecule has 0 fully saturated rings. The summed E-state index contributed by atoms with van der Waals surface area (Å²) >= 11 is 0. The van der Waals surface area contributed by atoms with Gasteiger partial charge in [0.05, 0.1) is 34.4 Å². The van der Waals surface area contributed by atoms with Gasteiger partial charge in [-0.1, -0.05) is 192 Å². The first kappa shape index (κ1) is 56.7. The van der Waals surface area contributed by atoms with Crippen LogP contribution in [0.15, 0.2) is 36.5 Å². The number of nitrogens with zero attached hydrogens (tertiary/aromatic N) is 1. The summed E-state index contributed by atoms with van der Waals surface area (Å²) in [5, 5.41) is 0. The summed E-state index contributed by atoms with van der Waals surface area (Å²) < 4.78 is 34.7. The molecule has 0 heterocycles. The predicted octanol–water partition coefficient (Wildman–Crippen LogP) is 13.9. The smallest absolute Gasteiger partial charge is 0.306 e. The molecule has 0 N–H and O–H groups in total. The molecular weight excluding hydrogens is 746 g/mol. The second-order valence-electron chi connectivity index (χ2n) is 17.5. The third kappa shape index (κ3) is 45.8. The maximum atomic E-state index is 12.7. The Morgan fingerprint density at radius 2 is 0.948 bits per heavy atom. The van der Waals surface area contributed by atoms with Crippen molar-refractivity contribution in [3.05, 3.63) is 36.5 Å². The SMILES string of the molecule is CCCCC/C=C\C/C=C\C/C=C\CCCCCCCCC(=O)OC(COCCCCCCCCCCCCCCCCCCC)COP(=O)([O-])OCC[N+](C)(C)C. The summed E-state index contributed by atoms with van der Waals surface area (Å²) in [6, 6.07) is 0. The highest BCUT2D eigenvalue weighted by atomic mass is 31.2. The molecule has 0 aliphatic rings. The minimum absolute atomic E-state index is 0.0242. The Bertz CT molecular complexity index is 1020. The molecule has 58 heavy (non-hydrogen) atoms. The lowest BCUT2D eigenvalue weighted by molar-refractivity contribution is -0.870. The number of unbranched alkanes of at least 4 members (excludes halogenated alkanes) is 25. The lowest BCUT2D eigenvalue weighted by atomic mass is 10.0. The molecule has 0 rings (SSSR count). The number of esters is 1. The van der Waals surface area contributed by atoms with E-state index in [0.717, 1.165) is 57.8 Å². The quantitative estimate of drug-likeness (QED) is 0.0198. The van der Waals surface area contributed by atoms with Gasteiger partial charge in [0.25, 0.3) is 7.82 Å². The third-order valence-corrected chi connectivity index (χ3v) is 11.4. The minimum Gasteiger partial charge on any atom is -0.756 e. The fourth-order valence-corrected chi connectivity index (χ4v) is 7.40. The number of allylic oxidation sites excluding steroid dienone is 6. The molecule has 0 aromatic heterocycles. The zero-order valence-electron chi connectivity index (χ0n) is 38.7. The van der Waals surface area contributed by atoms with Crippen LogP contribution in [0.1, 0.15) is 213 Å². The fourth-order valence-electron chi connectivity index (χ4n) is 6.67. The van der Waals surface area contributed by atoms with E-state index in [4.69, 9.17) is 18.5 Å². The van der Waals surface area contributed by atoms with Crippen LogP contribution < -0.4 is 4.89 Å². The van der Waals surface area contributed by atoms with Gasteiger partial charge in [0, 0.05) is 13.0 Å². The number of rotatable bonds is 45. The van der Waals surface area contributed by atoms with Crippen LogP contribution in [0.2, 0.25) is 0 Å². The Balaban J connectivity index is 4.20. The van der Waals surface area contributed by atoms with Crippen molar-refractivity contribution in [2.75, 3.05) is 54.1 Å². The first-order chi connectivity index (χ1) is 28.1. The molecule has 0 aromatic carbocycles. The molecule has 8 nitrogen and oxygen atoms in total. The first-order valence-corrected chi connectivity index (χ1v) is 25.7. The van der Waals surface area contributed by atoms with Gasteiger partial charge in [-0.05, 0) is 51.4 Å². The Morgan fingerprint density at radius 1 is 0.534 bits per heavy atom. The highest BCUT2D eigenvalue weighted by Gasteiger charge is 2.20. The van der Waals surface area contributed by atoms with E-state index in [2.05, 4.69) is 50.3 Å². The largest absolute Gasteiger partial charge is 0.756 e. The number of ether oxygens (including phenoxy) is 2. The second kappa shape index (κ2) is 42.4. The van der Waals surface area contributed by atoms with E-state index >= 15 is 0 Å². The van der Waals surface area contributed by atoms with Crippen molar-refractivity contribution in [1.82, 2.24) is 0 Å². The Kier molecular flexibility index (Phi) is 41.5. The van der Waals surface area contributed by atoms with E-state index in [-0.39, 0.29) is 25.8 Å². The van der Waals surface area contributed by atoms with Crippen molar-refractivity contribution >= 4 is 13.8 Å². The summed E-state index contributed by atoms with van der Waals surface area (Å²) in [4.78, 5) is 25.1. The van der Waals surface area contributed by atoms with Crippen LogP contribution in [0, 0.1) is 0 Å². The van der Waals surface area contributed by atoms with E-state index in [0.29, 0.717) is 24.1 Å². The van der Waals surface area contributed by atoms with Crippen molar-refractivity contribution < 1.29 is 37.3 Å². The Hall–Kier alpha value is -1.28. The van der Waals surface area contributed by atoms with Crippen LogP contribution in [0.5, 0.6) is 0 Å². The van der Waals surface area contributed by atoms with E-state index < -0.39 is 13.9 Å². The molecule has 342 valence electrons. The number of quaternary nitrogens is 1. The minimum atomic E-state index is -4.53. The summed E-state index contributed by atoms with van der Waals surface area (Å²) in [6.07, 6.45) is 50.1. The molecule has 0 saturated carbocycles. The van der Waals surface area contributed by atoms with Crippen molar-refractivity contribution in [3.8, 4) is 0 Å². The van der Waals surface area contributed by atoms with Crippen molar-refractivity contribution in [2.45, 2.75) is 219 Å². The number of carbonyl (C=O) groups is 1. The standard InChI is InChI=1S/C49H94NO7P/c1-6-8-10-12-14-16-18-20-22-24-25-26-28-30-32-34-36-38-40-42-49(51)57-48(47-56-58(52,53)55-45-43-50(3,4)5)46-54-44-41-39-37-35-33-31-29-27-23-21-19-17-15-13-11-9-7-2/h14,16,20,22,25-26,48H,6-13,15,17-19,21,23-24,27-47H2,1-5H3/b16-14-,22-20-,26-25-. The van der Waals surface area contributed by atoms with Crippen LogP contribution >= 0.6 is 7.82 Å². The van der Waals surface area contributed by atoms with Gasteiger partial charge in [0.2, 0.25) is 0 Å². The lowest BCUT2D eigenvalue weighted by Gasteiger charge is -2.28. The third-order valence-electron chi connectivity index (χ3n) is 10.4. The average Bonchev–Trinajstić information content (AvgIpc) is 3.18. The van der Waals surface area contributed by atoms with Gasteiger partial charge >= 0.3 is 5.97 Å². The van der Waals surface area contributed by atoms with Gasteiger partial charge in [-0.2, -0.15) is 0 Å². The lowest BCUT2D eigenvalue weighted by Crippen LogP contribution is -2.37. The van der Waals surface area contributed by atoms with Gasteiger partial charge in [0.1, 0.15) is 19.3 Å². The van der Waals surface area contributed by atoms with Crippen LogP contribution in [0.3, 0.4) is 0 Å². The molecule has 0 radical (unpaired) electrons. The number of likely N-dealkylation sites (N-methyl/N-ethyl adjacent to an activating group) is 1. The van der Waals surface area contributed by atoms with E-state index in [1.807, 2.05) is 21.1 Å². The van der Waals surface area contributed by atoms with Crippen LogP contribution in [-0.2, 0) is 27.9 Å². The summed E-state index contributed by atoms with van der Waals surface area (Å²) in [7, 11) is 1.35. The van der Waals surface area contributed by atoms with Crippen molar-refractivity contribution in [2.24, 2.45) is 0 Å². The van der Waals surface area contributed by atoms with Gasteiger partial charge in [0.15, 0.2) is 0 Å². The van der Waals surface area contributed by atoms with Crippen LogP contribution in [-0.4, -0.2) is 70.7 Å². The Morgan fingerprint density at radius 3 is 1.45 bits per heavy atom. The van der Waals surface area contributed by atoms with Gasteiger partial charge in [-0.25, -0.2) is 0 Å². The highest BCUT2D eigenvalue weighted by molar-refractivity contribution is 7.45. The molecule has 0 bridgehead atoms. The molecule has 0 saturated heterocycles. The first-order valence-electron chi connectivity index (χ1n) is 24.2. The van der Waals surface area contributed by atoms with Crippen molar-refractivity contribution in [3.63, 3.8) is 0 Å². The van der Waals surface area contributed by atoms with Gasteiger partial charge < -0.3 is 27.9 Å². The van der Waals surface area contributed by atoms with Crippen molar-refractivity contribution in [1.29, 1.82) is 0 Å². The van der Waals surface area contributed by atoms with E-state index in [1.54, 1.807) is 0 Å². The number of phosphoric acid groups is 1. The Labute approximate surface area is 359 Å². The molecule has 0 aliphatic heterocycles. The second-order valence-corrected chi connectivity index (χ2v) is 18.9. The van der Waals surface area contributed by atoms with E-state index in [9.17, 15) is 14.3 Å². The number of carbonyl (C=O) groups excluding carboxylic acids is 1. The predicted molar refractivity (Wildman–Crippen MR) is 245 cm³/mol. The van der Waals surface area contributed by atoms with Crippen LogP contribution in [0.25, 0.3) is 0 Å². The van der Waals surface area contributed by atoms with Crippen LogP contribution in [0.4, 0.5) is 0 Å². The van der Waals surface area contributed by atoms with E-state index in [1.165, 1.54) is 135 Å². The molecule has 2 atom stereocenters. The highest BCUT2D eigenvalue weighted by Crippen LogP contribution is 2.38. The van der Waals surface area contributed by atoms with Gasteiger partial charge in [-0.15, -0.1) is 0 Å². The normalized spacial score (nSPS) is 14.0. The number of phosphoric ester groups is 1. The summed E-state index contributed by atoms with van der Waals surface area (Å²) in [5.41, 5.74) is 0. The molecular formula is C49H94NO7P. The topological polar surface area (TPSA) is 94.1 Å². The summed E-state index contributed by atoms with van der Waals surface area (Å²) in [5.74, 6) is -0.344. The molecule has 0 aromatic rings.